The average molecular weight is 391 g/mol. The van der Waals surface area contributed by atoms with Gasteiger partial charge in [-0.3, -0.25) is 4.79 Å². The van der Waals surface area contributed by atoms with Crippen LogP contribution in [0.25, 0.3) is 0 Å². The fourth-order valence-electron chi connectivity index (χ4n) is 4.18. The molecule has 1 aliphatic rings. The summed E-state index contributed by atoms with van der Waals surface area (Å²) < 4.78 is 5.81. The Kier molecular flexibility index (Phi) is 9.46. The molecule has 0 heterocycles. The van der Waals surface area contributed by atoms with Crippen LogP contribution in [0.1, 0.15) is 96.0 Å². The summed E-state index contributed by atoms with van der Waals surface area (Å²) in [5.74, 6) is -0.112. The lowest BCUT2D eigenvalue weighted by Crippen LogP contribution is -2.37. The molecule has 1 aromatic rings. The minimum Gasteiger partial charge on any atom is -0.494 e. The molecule has 4 nitrogen and oxygen atoms in total. The highest BCUT2D eigenvalue weighted by Crippen LogP contribution is 2.37. The monoisotopic (exact) mass is 390 g/mol. The van der Waals surface area contributed by atoms with Crippen LogP contribution in [0.5, 0.6) is 5.75 Å². The normalized spacial score (nSPS) is 20.1. The summed E-state index contributed by atoms with van der Waals surface area (Å²) in [6.07, 6.45) is 10.6. The van der Waals surface area contributed by atoms with Crippen molar-refractivity contribution in [1.29, 1.82) is 0 Å². The van der Waals surface area contributed by atoms with Gasteiger partial charge in [-0.25, -0.2) is 0 Å². The van der Waals surface area contributed by atoms with E-state index >= 15 is 0 Å². The highest BCUT2D eigenvalue weighted by atomic mass is 16.5. The molecule has 1 aromatic carbocycles. The molecular weight excluding hydrogens is 352 g/mol. The maximum absolute atomic E-state index is 11.6. The van der Waals surface area contributed by atoms with Gasteiger partial charge in [-0.15, -0.1) is 0 Å². The number of hydrogen-bond donors (Lipinski definition) is 2. The average Bonchev–Trinajstić information content (AvgIpc) is 2.71. The summed E-state index contributed by atoms with van der Waals surface area (Å²) in [5, 5.41) is 19.0. The first-order valence-electron chi connectivity index (χ1n) is 11.2. The Morgan fingerprint density at radius 1 is 1.04 bits per heavy atom. The molecule has 0 aliphatic heterocycles. The summed E-state index contributed by atoms with van der Waals surface area (Å²) in [6.45, 7) is 4.49. The third-order valence-electron chi connectivity index (χ3n) is 6.15. The molecule has 0 bridgehead atoms. The Morgan fingerprint density at radius 2 is 1.71 bits per heavy atom. The van der Waals surface area contributed by atoms with Gasteiger partial charge in [0, 0.05) is 12.8 Å². The fraction of sp³-hybridized carbons (Fsp3) is 0.708. The maximum Gasteiger partial charge on any atom is 0.223 e. The Balaban J connectivity index is 1.62. The maximum atomic E-state index is 11.6. The van der Waals surface area contributed by atoms with Crippen molar-refractivity contribution in [1.82, 2.24) is 0 Å². The SMILES string of the molecule is CCC[C@H]1CC[C@H](c2ccc(OCCCCCC(=O)C(O)(O)CC)cc2)CC1. The van der Waals surface area contributed by atoms with Gasteiger partial charge in [0.15, 0.2) is 5.78 Å². The molecule has 0 spiro atoms. The molecular formula is C24H38O4. The van der Waals surface area contributed by atoms with Crippen molar-refractivity contribution in [3.8, 4) is 5.75 Å². The van der Waals surface area contributed by atoms with Gasteiger partial charge >= 0.3 is 0 Å². The molecule has 2 N–H and O–H groups in total. The van der Waals surface area contributed by atoms with Crippen LogP contribution < -0.4 is 4.74 Å². The Labute approximate surface area is 170 Å². The molecule has 0 radical (unpaired) electrons. The van der Waals surface area contributed by atoms with Crippen molar-refractivity contribution in [2.24, 2.45) is 5.92 Å². The van der Waals surface area contributed by atoms with Gasteiger partial charge in [0.2, 0.25) is 5.79 Å². The number of ketones is 1. The van der Waals surface area contributed by atoms with Crippen molar-refractivity contribution in [3.05, 3.63) is 29.8 Å². The molecule has 2 rings (SSSR count). The lowest BCUT2D eigenvalue weighted by atomic mass is 9.77. The molecule has 4 heteroatoms. The molecule has 0 amide bonds. The van der Waals surface area contributed by atoms with E-state index in [0.717, 1.165) is 24.5 Å². The van der Waals surface area contributed by atoms with Gasteiger partial charge in [-0.2, -0.15) is 0 Å². The molecule has 0 unspecified atom stereocenters. The second-order valence-electron chi connectivity index (χ2n) is 8.33. The Hall–Kier alpha value is -1.39. The zero-order valence-electron chi connectivity index (χ0n) is 17.7. The number of unbranched alkanes of at least 4 members (excludes halogenated alkanes) is 2. The van der Waals surface area contributed by atoms with E-state index in [-0.39, 0.29) is 12.8 Å². The molecule has 1 saturated carbocycles. The van der Waals surface area contributed by atoms with E-state index in [1.54, 1.807) is 6.92 Å². The molecule has 1 aliphatic carbocycles. The molecule has 0 aromatic heterocycles. The van der Waals surface area contributed by atoms with Crippen LogP contribution >= 0.6 is 0 Å². The van der Waals surface area contributed by atoms with E-state index in [1.807, 2.05) is 0 Å². The Morgan fingerprint density at radius 3 is 2.32 bits per heavy atom. The van der Waals surface area contributed by atoms with Crippen molar-refractivity contribution in [3.63, 3.8) is 0 Å². The summed E-state index contributed by atoms with van der Waals surface area (Å²) in [5.41, 5.74) is 1.44. The van der Waals surface area contributed by atoms with E-state index in [9.17, 15) is 15.0 Å². The van der Waals surface area contributed by atoms with Crippen LogP contribution in [-0.4, -0.2) is 28.4 Å². The zero-order chi connectivity index (χ0) is 20.4. The van der Waals surface area contributed by atoms with E-state index in [2.05, 4.69) is 31.2 Å². The molecule has 0 atom stereocenters. The number of ether oxygens (including phenoxy) is 1. The summed E-state index contributed by atoms with van der Waals surface area (Å²) >= 11 is 0. The van der Waals surface area contributed by atoms with Gasteiger partial charge in [-0.05, 0) is 74.5 Å². The first-order chi connectivity index (χ1) is 13.5. The topological polar surface area (TPSA) is 66.8 Å². The van der Waals surface area contributed by atoms with Crippen LogP contribution in [0.4, 0.5) is 0 Å². The van der Waals surface area contributed by atoms with Crippen molar-refractivity contribution in [2.75, 3.05) is 6.61 Å². The van der Waals surface area contributed by atoms with E-state index in [0.29, 0.717) is 18.9 Å². The minimum atomic E-state index is -2.16. The lowest BCUT2D eigenvalue weighted by molar-refractivity contribution is -0.183. The largest absolute Gasteiger partial charge is 0.494 e. The van der Waals surface area contributed by atoms with Gasteiger partial charge < -0.3 is 14.9 Å². The minimum absolute atomic E-state index is 0.0329. The van der Waals surface area contributed by atoms with Crippen molar-refractivity contribution >= 4 is 5.78 Å². The van der Waals surface area contributed by atoms with Crippen LogP contribution in [0.15, 0.2) is 24.3 Å². The molecule has 0 saturated heterocycles. The smallest absolute Gasteiger partial charge is 0.223 e. The first-order valence-corrected chi connectivity index (χ1v) is 11.2. The standard InChI is InChI=1S/C24H38O4/c1-3-8-19-10-12-20(13-11-19)21-14-16-22(17-15-21)28-18-7-5-6-9-23(25)24(26,27)4-2/h14-17,19-20,26-27H,3-13,18H2,1-2H3/t19-,20-. The predicted molar refractivity (Wildman–Crippen MR) is 112 cm³/mol. The van der Waals surface area contributed by atoms with Gasteiger partial charge in [0.25, 0.3) is 0 Å². The third kappa shape index (κ3) is 7.21. The second-order valence-corrected chi connectivity index (χ2v) is 8.33. The van der Waals surface area contributed by atoms with Gasteiger partial charge in [-0.1, -0.05) is 38.8 Å². The fourth-order valence-corrected chi connectivity index (χ4v) is 4.18. The number of carbonyl (C=O) groups excluding carboxylic acids is 1. The Bertz CT molecular complexity index is 571. The quantitative estimate of drug-likeness (QED) is 0.372. The predicted octanol–water partition coefficient (Wildman–Crippen LogP) is 5.36. The number of rotatable bonds is 12. The summed E-state index contributed by atoms with van der Waals surface area (Å²) in [7, 11) is 0. The number of benzene rings is 1. The number of hydrogen-bond acceptors (Lipinski definition) is 4. The molecule has 158 valence electrons. The number of aliphatic hydroxyl groups is 2. The summed E-state index contributed by atoms with van der Waals surface area (Å²) in [6, 6.07) is 8.57. The van der Waals surface area contributed by atoms with Gasteiger partial charge in [0.1, 0.15) is 5.75 Å². The highest BCUT2D eigenvalue weighted by molar-refractivity contribution is 5.85. The van der Waals surface area contributed by atoms with E-state index < -0.39 is 11.6 Å². The third-order valence-corrected chi connectivity index (χ3v) is 6.15. The van der Waals surface area contributed by atoms with Crippen molar-refractivity contribution in [2.45, 2.75) is 96.2 Å². The van der Waals surface area contributed by atoms with Crippen LogP contribution in [0, 0.1) is 5.92 Å². The second kappa shape index (κ2) is 11.6. The van der Waals surface area contributed by atoms with Crippen LogP contribution in [0.3, 0.4) is 0 Å². The van der Waals surface area contributed by atoms with Crippen molar-refractivity contribution < 1.29 is 19.7 Å². The molecule has 28 heavy (non-hydrogen) atoms. The number of Topliss-reactive ketones (excluding diaryl/α,β-unsaturated/α-hetero) is 1. The first kappa shape index (κ1) is 22.9. The van der Waals surface area contributed by atoms with Crippen LogP contribution in [-0.2, 0) is 4.79 Å². The lowest BCUT2D eigenvalue weighted by Gasteiger charge is -2.28. The van der Waals surface area contributed by atoms with Gasteiger partial charge in [0.05, 0.1) is 6.61 Å². The summed E-state index contributed by atoms with van der Waals surface area (Å²) in [4.78, 5) is 11.6. The van der Waals surface area contributed by atoms with E-state index in [1.165, 1.54) is 44.1 Å². The zero-order valence-corrected chi connectivity index (χ0v) is 17.7. The van der Waals surface area contributed by atoms with E-state index in [4.69, 9.17) is 4.74 Å². The number of carbonyl (C=O) groups is 1. The highest BCUT2D eigenvalue weighted by Gasteiger charge is 2.29. The van der Waals surface area contributed by atoms with Crippen LogP contribution in [0.2, 0.25) is 0 Å². The molecule has 1 fully saturated rings.